The third kappa shape index (κ3) is 3.77. The Hall–Kier alpha value is -3.74. The number of nitrogens with two attached hydrogens (primary N) is 1. The molecule has 27 heavy (non-hydrogen) atoms. The minimum atomic E-state index is -0.731. The summed E-state index contributed by atoms with van der Waals surface area (Å²) in [6.07, 6.45) is 1.25. The third-order valence-corrected chi connectivity index (χ3v) is 4.06. The topological polar surface area (TPSA) is 170 Å². The molecule has 0 fully saturated rings. The average molecular weight is 387 g/mol. The van der Waals surface area contributed by atoms with Gasteiger partial charge < -0.3 is 5.73 Å². The molecule has 2 heterocycles. The standard InChI is InChI=1S/C14H13N9O3S/c1-6-17-14(27-22-6)21-18-8-3-4-9(24)10(11(8)25)19-20-13-7(12(15)26)5-16-23(13)2/h3-5,20H,1-2H3,(H2,15,26)(H,17,21,22). The number of hydrogen-bond donors (Lipinski definition) is 3. The molecule has 0 spiro atoms. The Labute approximate surface area is 154 Å². The zero-order chi connectivity index (χ0) is 19.6. The van der Waals surface area contributed by atoms with E-state index in [2.05, 4.69) is 35.5 Å². The molecule has 0 radical (unpaired) electrons. The van der Waals surface area contributed by atoms with E-state index in [1.165, 1.54) is 16.9 Å². The number of carbonyl (C=O) groups excluding carboxylic acids is 1. The molecule has 0 aliphatic heterocycles. The molecule has 12 nitrogen and oxygen atoms in total. The van der Waals surface area contributed by atoms with Gasteiger partial charge in [-0.25, -0.2) is 4.98 Å². The van der Waals surface area contributed by atoms with Gasteiger partial charge in [0.05, 0.1) is 6.20 Å². The average Bonchev–Trinajstić information content (AvgIpc) is 3.20. The fourth-order valence-corrected chi connectivity index (χ4v) is 2.56. The van der Waals surface area contributed by atoms with Gasteiger partial charge in [0, 0.05) is 18.6 Å². The van der Waals surface area contributed by atoms with Crippen molar-refractivity contribution in [2.24, 2.45) is 23.0 Å². The van der Waals surface area contributed by atoms with Crippen LogP contribution < -0.4 is 38.2 Å². The molecule has 13 heteroatoms. The van der Waals surface area contributed by atoms with Crippen molar-refractivity contribution in [2.75, 3.05) is 10.9 Å². The van der Waals surface area contributed by atoms with Crippen molar-refractivity contribution in [2.45, 2.75) is 6.92 Å². The van der Waals surface area contributed by atoms with Crippen LogP contribution in [0.1, 0.15) is 16.2 Å². The predicted molar refractivity (Wildman–Crippen MR) is 96.1 cm³/mol. The van der Waals surface area contributed by atoms with E-state index in [1.807, 2.05) is 0 Å². The molecule has 0 aliphatic rings. The van der Waals surface area contributed by atoms with E-state index in [4.69, 9.17) is 5.73 Å². The first-order chi connectivity index (χ1) is 12.9. The second-order valence-corrected chi connectivity index (χ2v) is 6.00. The maximum Gasteiger partial charge on any atom is 0.254 e. The fourth-order valence-electron chi connectivity index (χ4n) is 2.05. The number of nitrogens with one attached hydrogen (secondary N) is 2. The first kappa shape index (κ1) is 18.1. The number of primary amides is 1. The monoisotopic (exact) mass is 387 g/mol. The summed E-state index contributed by atoms with van der Waals surface area (Å²) in [5.74, 6) is -0.0202. The second kappa shape index (κ2) is 7.25. The van der Waals surface area contributed by atoms with Crippen LogP contribution in [0.5, 0.6) is 0 Å². The zero-order valence-electron chi connectivity index (χ0n) is 14.1. The van der Waals surface area contributed by atoms with Crippen LogP contribution in [0.2, 0.25) is 0 Å². The number of anilines is 2. The van der Waals surface area contributed by atoms with Crippen molar-refractivity contribution < 1.29 is 4.79 Å². The summed E-state index contributed by atoms with van der Waals surface area (Å²) in [5, 5.41) is 11.6. The lowest BCUT2D eigenvalue weighted by Crippen LogP contribution is -2.48. The van der Waals surface area contributed by atoms with Crippen LogP contribution in [0.4, 0.5) is 10.9 Å². The van der Waals surface area contributed by atoms with Crippen molar-refractivity contribution in [3.8, 4) is 0 Å². The summed E-state index contributed by atoms with van der Waals surface area (Å²) in [7, 11) is 1.54. The highest BCUT2D eigenvalue weighted by Gasteiger charge is 2.13. The number of hydrogen-bond acceptors (Lipinski definition) is 11. The summed E-state index contributed by atoms with van der Waals surface area (Å²) in [4.78, 5) is 39.9. The van der Waals surface area contributed by atoms with Crippen molar-refractivity contribution in [3.63, 3.8) is 0 Å². The van der Waals surface area contributed by atoms with E-state index in [0.717, 1.165) is 17.6 Å². The summed E-state index contributed by atoms with van der Waals surface area (Å²) < 4.78 is 5.27. The van der Waals surface area contributed by atoms with Crippen LogP contribution in [0.25, 0.3) is 0 Å². The van der Waals surface area contributed by atoms with Gasteiger partial charge in [0.2, 0.25) is 16.0 Å². The van der Waals surface area contributed by atoms with Crippen molar-refractivity contribution in [1.29, 1.82) is 0 Å². The number of nitrogens with zero attached hydrogens (tertiary/aromatic N) is 6. The van der Waals surface area contributed by atoms with E-state index >= 15 is 0 Å². The van der Waals surface area contributed by atoms with Gasteiger partial charge in [0.15, 0.2) is 11.2 Å². The molecule has 0 saturated carbocycles. The molecule has 0 bridgehead atoms. The predicted octanol–water partition coefficient (Wildman–Crippen LogP) is -1.87. The fraction of sp³-hybridized carbons (Fsp3) is 0.143. The van der Waals surface area contributed by atoms with Crippen LogP contribution in [0.3, 0.4) is 0 Å². The quantitative estimate of drug-likeness (QED) is 0.428. The van der Waals surface area contributed by atoms with E-state index < -0.39 is 22.1 Å². The summed E-state index contributed by atoms with van der Waals surface area (Å²) in [6.45, 7) is 1.72. The Morgan fingerprint density at radius 1 is 1.26 bits per heavy atom. The lowest BCUT2D eigenvalue weighted by atomic mass is 10.3. The van der Waals surface area contributed by atoms with Crippen molar-refractivity contribution in [3.05, 3.63) is 60.9 Å². The van der Waals surface area contributed by atoms with Gasteiger partial charge in [-0.3, -0.25) is 29.9 Å². The first-order valence-corrected chi connectivity index (χ1v) is 8.20. The van der Waals surface area contributed by atoms with Crippen LogP contribution in [-0.4, -0.2) is 25.0 Å². The van der Waals surface area contributed by atoms with Crippen LogP contribution in [0, 0.1) is 6.92 Å². The number of aryl methyl sites for hydroxylation is 2. The normalized spacial score (nSPS) is 12.4. The maximum atomic E-state index is 12.5. The second-order valence-electron chi connectivity index (χ2n) is 5.25. The summed E-state index contributed by atoms with van der Waals surface area (Å²) in [5.41, 5.74) is 9.09. The van der Waals surface area contributed by atoms with E-state index in [0.29, 0.717) is 11.0 Å². The van der Waals surface area contributed by atoms with Gasteiger partial charge >= 0.3 is 0 Å². The molecule has 3 aromatic rings. The molecular weight excluding hydrogens is 374 g/mol. The van der Waals surface area contributed by atoms with E-state index in [1.54, 1.807) is 14.0 Å². The van der Waals surface area contributed by atoms with Crippen molar-refractivity contribution in [1.82, 2.24) is 19.1 Å². The van der Waals surface area contributed by atoms with Gasteiger partial charge in [-0.2, -0.15) is 19.7 Å². The molecule has 0 unspecified atom stereocenters. The zero-order valence-corrected chi connectivity index (χ0v) is 14.9. The van der Waals surface area contributed by atoms with Crippen LogP contribution in [0.15, 0.2) is 38.1 Å². The van der Waals surface area contributed by atoms with Gasteiger partial charge in [0.1, 0.15) is 16.7 Å². The SMILES string of the molecule is Cc1nsc(NN=c2ccc(=O)c(=NNc3c(C(N)=O)cnn3C)c2=O)n1. The van der Waals surface area contributed by atoms with Gasteiger partial charge in [-0.1, -0.05) is 0 Å². The Morgan fingerprint density at radius 2 is 2.04 bits per heavy atom. The summed E-state index contributed by atoms with van der Waals surface area (Å²) in [6, 6.07) is 2.43. The molecule has 0 aliphatic carbocycles. The van der Waals surface area contributed by atoms with E-state index in [9.17, 15) is 14.4 Å². The Morgan fingerprint density at radius 3 is 2.70 bits per heavy atom. The van der Waals surface area contributed by atoms with Gasteiger partial charge in [-0.05, 0) is 19.1 Å². The molecule has 0 saturated heterocycles. The highest BCUT2D eigenvalue weighted by Crippen LogP contribution is 2.12. The smallest absolute Gasteiger partial charge is 0.254 e. The molecule has 4 N–H and O–H groups in total. The highest BCUT2D eigenvalue weighted by atomic mass is 32.1. The lowest BCUT2D eigenvalue weighted by Gasteiger charge is -2.01. The highest BCUT2D eigenvalue weighted by molar-refractivity contribution is 7.09. The Kier molecular flexibility index (Phi) is 4.85. The molecule has 1 aromatic carbocycles. The molecule has 2 aromatic heterocycles. The maximum absolute atomic E-state index is 12.5. The molecule has 1 amide bonds. The number of carbonyl (C=O) groups is 1. The van der Waals surface area contributed by atoms with Crippen molar-refractivity contribution >= 4 is 28.4 Å². The summed E-state index contributed by atoms with van der Waals surface area (Å²) >= 11 is 1.08. The number of benzene rings is 1. The minimum absolute atomic E-state index is 0.0388. The third-order valence-electron chi connectivity index (χ3n) is 3.35. The van der Waals surface area contributed by atoms with Gasteiger partial charge in [-0.15, -0.1) is 0 Å². The molecule has 0 atom stereocenters. The number of aromatic nitrogens is 4. The largest absolute Gasteiger partial charge is 0.365 e. The minimum Gasteiger partial charge on any atom is -0.365 e. The molecule has 3 rings (SSSR count). The Bertz CT molecular complexity index is 1230. The Balaban J connectivity index is 2.00. The van der Waals surface area contributed by atoms with Crippen LogP contribution >= 0.6 is 11.5 Å². The van der Waals surface area contributed by atoms with Crippen LogP contribution in [-0.2, 0) is 7.05 Å². The number of rotatable bonds is 5. The van der Waals surface area contributed by atoms with E-state index in [-0.39, 0.29) is 16.7 Å². The lowest BCUT2D eigenvalue weighted by molar-refractivity contribution is 0.100. The molecular formula is C14H13N9O3S. The molecule has 138 valence electrons. The number of amides is 1. The van der Waals surface area contributed by atoms with Gasteiger partial charge in [0.25, 0.3) is 5.91 Å². The first-order valence-electron chi connectivity index (χ1n) is 7.43.